The number of amides is 1. The summed E-state index contributed by atoms with van der Waals surface area (Å²) in [5, 5.41) is 11.4. The second-order valence-electron chi connectivity index (χ2n) is 4.88. The van der Waals surface area contributed by atoms with Crippen LogP contribution in [0, 0.1) is 6.92 Å². The Bertz CT molecular complexity index is 699. The molecule has 2 aromatic rings. The molecule has 0 saturated heterocycles. The summed E-state index contributed by atoms with van der Waals surface area (Å²) < 4.78 is 7.16. The van der Waals surface area contributed by atoms with Gasteiger partial charge in [-0.15, -0.1) is 16.8 Å². The molecular weight excluding hydrogens is 312 g/mol. The Morgan fingerprint density at radius 1 is 1.48 bits per heavy atom. The number of hydrogen-bond acceptors (Lipinski definition) is 5. The number of ether oxygens (including phenoxy) is 1. The van der Waals surface area contributed by atoms with Crippen LogP contribution in [0.1, 0.15) is 12.7 Å². The fraction of sp³-hybridized carbons (Fsp3) is 0.312. The zero-order valence-corrected chi connectivity index (χ0v) is 14.3. The number of aromatic nitrogens is 3. The summed E-state index contributed by atoms with van der Waals surface area (Å²) >= 11 is 1.36. The number of benzene rings is 1. The number of thioether (sulfide) groups is 1. The summed E-state index contributed by atoms with van der Waals surface area (Å²) in [6.45, 7) is 8.05. The van der Waals surface area contributed by atoms with Gasteiger partial charge in [0.2, 0.25) is 5.91 Å². The van der Waals surface area contributed by atoms with Gasteiger partial charge in [-0.3, -0.25) is 4.79 Å². The van der Waals surface area contributed by atoms with E-state index in [9.17, 15) is 4.79 Å². The number of methoxy groups -OCH3 is 1. The van der Waals surface area contributed by atoms with Gasteiger partial charge in [-0.2, -0.15) is 0 Å². The highest BCUT2D eigenvalue weighted by molar-refractivity contribution is 8.00. The highest BCUT2D eigenvalue weighted by Gasteiger charge is 2.19. The maximum absolute atomic E-state index is 12.4. The highest BCUT2D eigenvalue weighted by atomic mass is 32.2. The first kappa shape index (κ1) is 17.1. The van der Waals surface area contributed by atoms with Crippen molar-refractivity contribution in [3.63, 3.8) is 0 Å². The van der Waals surface area contributed by atoms with Crippen LogP contribution in [-0.2, 0) is 11.3 Å². The van der Waals surface area contributed by atoms with E-state index < -0.39 is 0 Å². The molecule has 1 heterocycles. The lowest BCUT2D eigenvalue weighted by Gasteiger charge is -2.14. The maximum Gasteiger partial charge on any atom is 0.237 e. The van der Waals surface area contributed by atoms with E-state index in [1.54, 1.807) is 25.3 Å². The van der Waals surface area contributed by atoms with Gasteiger partial charge in [-0.05, 0) is 26.0 Å². The van der Waals surface area contributed by atoms with E-state index in [4.69, 9.17) is 4.74 Å². The van der Waals surface area contributed by atoms with E-state index in [2.05, 4.69) is 22.1 Å². The first-order valence-electron chi connectivity index (χ1n) is 7.18. The quantitative estimate of drug-likeness (QED) is 0.624. The van der Waals surface area contributed by atoms with Crippen LogP contribution >= 0.6 is 11.8 Å². The summed E-state index contributed by atoms with van der Waals surface area (Å²) in [7, 11) is 1.57. The minimum atomic E-state index is -0.327. The van der Waals surface area contributed by atoms with Gasteiger partial charge in [-0.25, -0.2) is 0 Å². The van der Waals surface area contributed by atoms with E-state index in [-0.39, 0.29) is 11.2 Å². The molecular formula is C16H20N4O2S. The summed E-state index contributed by atoms with van der Waals surface area (Å²) in [5.74, 6) is 1.30. The maximum atomic E-state index is 12.4. The highest BCUT2D eigenvalue weighted by Crippen LogP contribution is 2.26. The third-order valence-electron chi connectivity index (χ3n) is 3.23. The van der Waals surface area contributed by atoms with Crippen LogP contribution in [0.15, 0.2) is 42.1 Å². The first-order valence-corrected chi connectivity index (χ1v) is 8.06. The molecule has 0 bridgehead atoms. The number of carbonyl (C=O) groups excluding carboxylic acids is 1. The van der Waals surface area contributed by atoms with Crippen LogP contribution in [0.5, 0.6) is 5.75 Å². The van der Waals surface area contributed by atoms with Crippen LogP contribution < -0.4 is 10.1 Å². The third-order valence-corrected chi connectivity index (χ3v) is 4.31. The molecule has 0 radical (unpaired) electrons. The molecule has 7 heteroatoms. The van der Waals surface area contributed by atoms with E-state index in [0.29, 0.717) is 23.1 Å². The van der Waals surface area contributed by atoms with Crippen molar-refractivity contribution in [3.05, 3.63) is 42.7 Å². The Balaban J connectivity index is 2.07. The Morgan fingerprint density at radius 3 is 2.91 bits per heavy atom. The molecule has 0 spiro atoms. The van der Waals surface area contributed by atoms with Crippen LogP contribution in [0.4, 0.5) is 5.69 Å². The Kier molecular flexibility index (Phi) is 5.81. The van der Waals surface area contributed by atoms with Gasteiger partial charge in [0.15, 0.2) is 5.16 Å². The van der Waals surface area contributed by atoms with Crippen LogP contribution in [0.3, 0.4) is 0 Å². The molecule has 0 aliphatic carbocycles. The second-order valence-corrected chi connectivity index (χ2v) is 6.19. The zero-order valence-electron chi connectivity index (χ0n) is 13.4. The first-order chi connectivity index (χ1) is 11.1. The van der Waals surface area contributed by atoms with Gasteiger partial charge < -0.3 is 14.6 Å². The molecule has 1 atom stereocenters. The van der Waals surface area contributed by atoms with Crippen molar-refractivity contribution in [2.45, 2.75) is 30.8 Å². The minimum absolute atomic E-state index is 0.120. The average Bonchev–Trinajstić information content (AvgIpc) is 2.89. The fourth-order valence-electron chi connectivity index (χ4n) is 1.98. The molecule has 6 nitrogen and oxygen atoms in total. The van der Waals surface area contributed by atoms with Gasteiger partial charge in [-0.1, -0.05) is 30.0 Å². The van der Waals surface area contributed by atoms with Crippen molar-refractivity contribution < 1.29 is 9.53 Å². The van der Waals surface area contributed by atoms with Crippen molar-refractivity contribution in [2.75, 3.05) is 12.4 Å². The number of aryl methyl sites for hydroxylation is 1. The minimum Gasteiger partial charge on any atom is -0.495 e. The van der Waals surface area contributed by atoms with Crippen molar-refractivity contribution in [1.82, 2.24) is 14.8 Å². The van der Waals surface area contributed by atoms with Crippen molar-refractivity contribution in [1.29, 1.82) is 0 Å². The summed E-state index contributed by atoms with van der Waals surface area (Å²) in [6.07, 6.45) is 1.78. The predicted octanol–water partition coefficient (Wildman–Crippen LogP) is 2.90. The lowest BCUT2D eigenvalue weighted by Crippen LogP contribution is -2.23. The number of nitrogens with zero attached hydrogens (tertiary/aromatic N) is 3. The van der Waals surface area contributed by atoms with E-state index in [0.717, 1.165) is 5.82 Å². The smallest absolute Gasteiger partial charge is 0.237 e. The molecule has 1 aromatic carbocycles. The normalized spacial score (nSPS) is 11.8. The van der Waals surface area contributed by atoms with Crippen LogP contribution in [0.25, 0.3) is 0 Å². The number of nitrogens with one attached hydrogen (secondary N) is 1. The molecule has 0 unspecified atom stereocenters. The molecule has 1 N–H and O–H groups in total. The van der Waals surface area contributed by atoms with Gasteiger partial charge >= 0.3 is 0 Å². The molecule has 0 saturated carbocycles. The SMILES string of the molecule is C=CCn1c(C)nnc1S[C@@H](C)C(=O)Nc1ccccc1OC. The number of allylic oxidation sites excluding steroid dienone is 1. The third kappa shape index (κ3) is 4.13. The summed E-state index contributed by atoms with van der Waals surface area (Å²) in [6, 6.07) is 7.31. The van der Waals surface area contributed by atoms with Gasteiger partial charge in [0, 0.05) is 6.54 Å². The number of anilines is 1. The molecule has 23 heavy (non-hydrogen) atoms. The van der Waals surface area contributed by atoms with Gasteiger partial charge in [0.1, 0.15) is 11.6 Å². The molecule has 1 amide bonds. The summed E-state index contributed by atoms with van der Waals surface area (Å²) in [4.78, 5) is 12.4. The Morgan fingerprint density at radius 2 is 2.22 bits per heavy atom. The van der Waals surface area contributed by atoms with Gasteiger partial charge in [0.05, 0.1) is 18.0 Å². The Labute approximate surface area is 139 Å². The predicted molar refractivity (Wildman–Crippen MR) is 91.9 cm³/mol. The molecule has 0 aliphatic heterocycles. The molecule has 2 rings (SSSR count). The standard InChI is InChI=1S/C16H20N4O2S/c1-5-10-20-12(3)18-19-16(20)23-11(2)15(21)17-13-8-6-7-9-14(13)22-4/h5-9,11H,1,10H2,2-4H3,(H,17,21)/t11-/m0/s1. The lowest BCUT2D eigenvalue weighted by atomic mass is 10.3. The number of hydrogen-bond donors (Lipinski definition) is 1. The van der Waals surface area contributed by atoms with Crippen LogP contribution in [0.2, 0.25) is 0 Å². The van der Waals surface area contributed by atoms with Crippen molar-refractivity contribution in [3.8, 4) is 5.75 Å². The van der Waals surface area contributed by atoms with E-state index in [1.807, 2.05) is 30.5 Å². The average molecular weight is 332 g/mol. The fourth-order valence-corrected chi connectivity index (χ4v) is 2.89. The topological polar surface area (TPSA) is 69.0 Å². The number of rotatable bonds is 7. The second kappa shape index (κ2) is 7.82. The summed E-state index contributed by atoms with van der Waals surface area (Å²) in [5.41, 5.74) is 0.649. The number of para-hydroxylation sites is 2. The monoisotopic (exact) mass is 332 g/mol. The molecule has 0 fully saturated rings. The van der Waals surface area contributed by atoms with E-state index >= 15 is 0 Å². The van der Waals surface area contributed by atoms with Crippen LogP contribution in [-0.4, -0.2) is 33.0 Å². The largest absolute Gasteiger partial charge is 0.495 e. The number of carbonyl (C=O) groups is 1. The molecule has 122 valence electrons. The van der Waals surface area contributed by atoms with E-state index in [1.165, 1.54) is 11.8 Å². The molecule has 0 aliphatic rings. The van der Waals surface area contributed by atoms with Crippen molar-refractivity contribution >= 4 is 23.4 Å². The van der Waals surface area contributed by atoms with Crippen molar-refractivity contribution in [2.24, 2.45) is 0 Å². The zero-order chi connectivity index (χ0) is 16.8. The lowest BCUT2D eigenvalue weighted by molar-refractivity contribution is -0.115. The Hall–Kier alpha value is -2.28. The molecule has 1 aromatic heterocycles. The van der Waals surface area contributed by atoms with Gasteiger partial charge in [0.25, 0.3) is 0 Å².